The van der Waals surface area contributed by atoms with E-state index in [0.717, 1.165) is 32.5 Å². The number of fused-ring (bicyclic) bond motifs is 1. The maximum absolute atomic E-state index is 5.23. The molecule has 0 fully saturated rings. The minimum Gasteiger partial charge on any atom is -0.497 e. The first-order valence-electron chi connectivity index (χ1n) is 6.90. The molecule has 0 atom stereocenters. The highest BCUT2D eigenvalue weighted by molar-refractivity contribution is 7.22. The summed E-state index contributed by atoms with van der Waals surface area (Å²) >= 11 is 1.58. The van der Waals surface area contributed by atoms with Crippen LogP contribution in [0, 0.1) is 0 Å². The predicted molar refractivity (Wildman–Crippen MR) is 94.2 cm³/mol. The Balaban J connectivity index is 1.70. The van der Waals surface area contributed by atoms with Gasteiger partial charge in [-0.05, 0) is 42.5 Å². The fourth-order valence-corrected chi connectivity index (χ4v) is 2.90. The molecule has 114 valence electrons. The van der Waals surface area contributed by atoms with Gasteiger partial charge >= 0.3 is 0 Å². The topological polar surface area (TPSA) is 49.4 Å². The lowest BCUT2D eigenvalue weighted by molar-refractivity contribution is 0.415. The molecule has 0 bridgehead atoms. The second kappa shape index (κ2) is 6.11. The molecule has 0 unspecified atom stereocenters. The van der Waals surface area contributed by atoms with Crippen LogP contribution in [0.25, 0.3) is 10.2 Å². The molecule has 3 aromatic rings. The van der Waals surface area contributed by atoms with Crippen molar-refractivity contribution in [1.29, 1.82) is 0 Å². The smallest absolute Gasteiger partial charge is 0.202 e. The Morgan fingerprint density at radius 2 is 1.82 bits per heavy atom. The summed E-state index contributed by atoms with van der Waals surface area (Å²) in [5, 5.41) is 0.819. The van der Waals surface area contributed by atoms with Crippen molar-refractivity contribution in [3.63, 3.8) is 0 Å². The molecule has 0 radical (unpaired) electrons. The number of thiazole rings is 1. The maximum atomic E-state index is 5.23. The van der Waals surface area contributed by atoms with Gasteiger partial charge in [-0.15, -0.1) is 0 Å². The Labute approximate surface area is 133 Å². The zero-order valence-corrected chi connectivity index (χ0v) is 13.6. The van der Waals surface area contributed by atoms with Crippen LogP contribution >= 0.6 is 11.3 Å². The number of nitrogens with zero attached hydrogens (tertiary/aromatic N) is 2. The SMILES string of the molecule is COc1ccc2nc(NNc3ccc(N(C)C)cc3)sc2c1. The molecule has 2 aromatic carbocycles. The lowest BCUT2D eigenvalue weighted by Crippen LogP contribution is -2.10. The lowest BCUT2D eigenvalue weighted by atomic mass is 10.3. The van der Waals surface area contributed by atoms with Gasteiger partial charge in [0.1, 0.15) is 5.75 Å². The summed E-state index contributed by atoms with van der Waals surface area (Å²) in [5.74, 6) is 0.843. The molecule has 2 N–H and O–H groups in total. The highest BCUT2D eigenvalue weighted by Gasteiger charge is 2.04. The first-order chi connectivity index (χ1) is 10.7. The van der Waals surface area contributed by atoms with Crippen LogP contribution < -0.4 is 20.5 Å². The maximum Gasteiger partial charge on any atom is 0.202 e. The third kappa shape index (κ3) is 3.07. The number of ether oxygens (including phenoxy) is 1. The van der Waals surface area contributed by atoms with Crippen LogP contribution in [0.2, 0.25) is 0 Å². The molecule has 0 aliphatic heterocycles. The molecule has 0 aliphatic rings. The van der Waals surface area contributed by atoms with E-state index in [1.165, 1.54) is 0 Å². The van der Waals surface area contributed by atoms with Gasteiger partial charge in [-0.3, -0.25) is 10.9 Å². The number of anilines is 3. The fourth-order valence-electron chi connectivity index (χ4n) is 2.05. The second-order valence-corrected chi connectivity index (χ2v) is 6.07. The summed E-state index contributed by atoms with van der Waals surface area (Å²) in [6.45, 7) is 0. The average Bonchev–Trinajstić information content (AvgIpc) is 2.95. The van der Waals surface area contributed by atoms with Gasteiger partial charge < -0.3 is 9.64 Å². The highest BCUT2D eigenvalue weighted by Crippen LogP contribution is 2.29. The summed E-state index contributed by atoms with van der Waals surface area (Å²) in [4.78, 5) is 6.60. The van der Waals surface area contributed by atoms with E-state index in [1.807, 2.05) is 44.4 Å². The van der Waals surface area contributed by atoms with Gasteiger partial charge in [-0.1, -0.05) is 11.3 Å². The van der Waals surface area contributed by atoms with Crippen molar-refractivity contribution in [1.82, 2.24) is 4.98 Å². The summed E-state index contributed by atoms with van der Waals surface area (Å²) < 4.78 is 6.32. The number of nitrogens with one attached hydrogen (secondary N) is 2. The van der Waals surface area contributed by atoms with E-state index in [1.54, 1.807) is 18.4 Å². The van der Waals surface area contributed by atoms with Crippen LogP contribution in [0.15, 0.2) is 42.5 Å². The highest BCUT2D eigenvalue weighted by atomic mass is 32.1. The molecule has 22 heavy (non-hydrogen) atoms. The Kier molecular flexibility index (Phi) is 4.02. The van der Waals surface area contributed by atoms with E-state index in [9.17, 15) is 0 Å². The van der Waals surface area contributed by atoms with Crippen LogP contribution in [-0.4, -0.2) is 26.2 Å². The number of hydrogen-bond acceptors (Lipinski definition) is 6. The number of benzene rings is 2. The van der Waals surface area contributed by atoms with Crippen molar-refractivity contribution in [2.75, 3.05) is 37.0 Å². The largest absolute Gasteiger partial charge is 0.497 e. The molecule has 0 amide bonds. The van der Waals surface area contributed by atoms with Crippen LogP contribution in [0.5, 0.6) is 5.75 Å². The Hall–Kier alpha value is -2.47. The minimum atomic E-state index is 0.819. The van der Waals surface area contributed by atoms with Crippen molar-refractivity contribution >= 4 is 38.1 Å². The third-order valence-corrected chi connectivity index (χ3v) is 4.23. The molecular weight excluding hydrogens is 296 g/mol. The number of hydrazine groups is 1. The van der Waals surface area contributed by atoms with Gasteiger partial charge in [0.15, 0.2) is 0 Å². The molecule has 0 saturated carbocycles. The standard InChI is InChI=1S/C16H18N4OS/c1-20(2)12-6-4-11(5-7-12)18-19-16-17-14-9-8-13(21-3)10-15(14)22-16/h4-10,18H,1-3H3,(H,17,19). The quantitative estimate of drug-likeness (QED) is 0.701. The van der Waals surface area contributed by atoms with Crippen molar-refractivity contribution < 1.29 is 4.74 Å². The Morgan fingerprint density at radius 1 is 1.05 bits per heavy atom. The fraction of sp³-hybridized carbons (Fsp3) is 0.188. The molecule has 0 saturated heterocycles. The third-order valence-electron chi connectivity index (χ3n) is 3.29. The molecular formula is C16H18N4OS. The van der Waals surface area contributed by atoms with E-state index < -0.39 is 0 Å². The summed E-state index contributed by atoms with van der Waals surface area (Å²) in [6, 6.07) is 14.0. The monoisotopic (exact) mass is 314 g/mol. The molecule has 0 spiro atoms. The average molecular weight is 314 g/mol. The second-order valence-electron chi connectivity index (χ2n) is 5.04. The Bertz CT molecular complexity index is 767. The predicted octanol–water partition coefficient (Wildman–Crippen LogP) is 3.81. The van der Waals surface area contributed by atoms with Crippen molar-refractivity contribution in [2.24, 2.45) is 0 Å². The zero-order chi connectivity index (χ0) is 15.5. The normalized spacial score (nSPS) is 10.5. The number of rotatable bonds is 5. The number of hydrogen-bond donors (Lipinski definition) is 2. The summed E-state index contributed by atoms with van der Waals surface area (Å²) in [5.41, 5.74) is 9.41. The molecule has 6 heteroatoms. The summed E-state index contributed by atoms with van der Waals surface area (Å²) in [7, 11) is 5.71. The van der Waals surface area contributed by atoms with Gasteiger partial charge in [0, 0.05) is 19.8 Å². The van der Waals surface area contributed by atoms with Gasteiger partial charge in [0.05, 0.1) is 23.0 Å². The van der Waals surface area contributed by atoms with Gasteiger partial charge in [-0.2, -0.15) is 0 Å². The first kappa shape index (κ1) is 14.5. The minimum absolute atomic E-state index is 0.819. The van der Waals surface area contributed by atoms with E-state index in [4.69, 9.17) is 4.74 Å². The van der Waals surface area contributed by atoms with Crippen LogP contribution in [0.3, 0.4) is 0 Å². The molecule has 3 rings (SSSR count). The van der Waals surface area contributed by atoms with Crippen molar-refractivity contribution in [3.05, 3.63) is 42.5 Å². The number of aromatic nitrogens is 1. The van der Waals surface area contributed by atoms with Gasteiger partial charge in [0.25, 0.3) is 0 Å². The van der Waals surface area contributed by atoms with Crippen LogP contribution in [-0.2, 0) is 0 Å². The molecule has 1 aromatic heterocycles. The van der Waals surface area contributed by atoms with E-state index in [-0.39, 0.29) is 0 Å². The van der Waals surface area contributed by atoms with Crippen molar-refractivity contribution in [3.8, 4) is 5.75 Å². The van der Waals surface area contributed by atoms with Gasteiger partial charge in [0.2, 0.25) is 5.13 Å². The van der Waals surface area contributed by atoms with E-state index in [2.05, 4.69) is 32.9 Å². The zero-order valence-electron chi connectivity index (χ0n) is 12.8. The lowest BCUT2D eigenvalue weighted by Gasteiger charge is -2.13. The van der Waals surface area contributed by atoms with Crippen LogP contribution in [0.4, 0.5) is 16.5 Å². The molecule has 1 heterocycles. The molecule has 5 nitrogen and oxygen atoms in total. The summed E-state index contributed by atoms with van der Waals surface area (Å²) in [6.07, 6.45) is 0. The van der Waals surface area contributed by atoms with Gasteiger partial charge in [-0.25, -0.2) is 4.98 Å². The van der Waals surface area contributed by atoms with Crippen molar-refractivity contribution in [2.45, 2.75) is 0 Å². The van der Waals surface area contributed by atoms with E-state index >= 15 is 0 Å². The Morgan fingerprint density at radius 3 is 2.50 bits per heavy atom. The molecule has 0 aliphatic carbocycles. The van der Waals surface area contributed by atoms with E-state index in [0.29, 0.717) is 0 Å². The number of methoxy groups -OCH3 is 1. The first-order valence-corrected chi connectivity index (χ1v) is 7.71. The van der Waals surface area contributed by atoms with Crippen LogP contribution in [0.1, 0.15) is 0 Å².